The van der Waals surface area contributed by atoms with Gasteiger partial charge in [-0.25, -0.2) is 4.79 Å². The lowest BCUT2D eigenvalue weighted by Crippen LogP contribution is -2.49. The lowest BCUT2D eigenvalue weighted by Gasteiger charge is -2.27. The van der Waals surface area contributed by atoms with Crippen molar-refractivity contribution in [3.63, 3.8) is 0 Å². The molecule has 1 aromatic rings. The Hall–Kier alpha value is -3.43. The van der Waals surface area contributed by atoms with Crippen LogP contribution in [-0.2, 0) is 30.5 Å². The van der Waals surface area contributed by atoms with E-state index in [-0.39, 0.29) is 49.1 Å². The molecule has 0 aliphatic carbocycles. The fourth-order valence-electron chi connectivity index (χ4n) is 3.53. The van der Waals surface area contributed by atoms with Crippen LogP contribution in [0, 0.1) is 22.7 Å². The summed E-state index contributed by atoms with van der Waals surface area (Å²) >= 11 is 0. The van der Waals surface area contributed by atoms with Gasteiger partial charge in [-0.2, -0.15) is 0 Å². The zero-order valence-electron chi connectivity index (χ0n) is 24.6. The third-order valence-electron chi connectivity index (χ3n) is 6.03. The number of benzene rings is 1. The molecule has 4 amide bonds. The van der Waals surface area contributed by atoms with Crippen molar-refractivity contribution in [2.75, 3.05) is 11.9 Å². The number of amides is 4. The molecule has 0 bridgehead atoms. The number of nitrogens with one attached hydrogen (secondary N) is 3. The third kappa shape index (κ3) is 12.3. The zero-order valence-corrected chi connectivity index (χ0v) is 24.6. The maximum atomic E-state index is 13.3. The number of Topliss-reactive ketones (excluding diaryl/α,β-unsaturated/α-hetero) is 1. The smallest absolute Gasteiger partial charge is 0.312 e. The molecule has 0 saturated carbocycles. The van der Waals surface area contributed by atoms with E-state index >= 15 is 0 Å². The first kappa shape index (κ1) is 33.6. The van der Waals surface area contributed by atoms with Gasteiger partial charge < -0.3 is 26.4 Å². The molecule has 0 spiro atoms. The molecule has 39 heavy (non-hydrogen) atoms. The second-order valence-electron chi connectivity index (χ2n) is 12.3. The number of ether oxygens (including phenoxy) is 1. The van der Waals surface area contributed by atoms with E-state index in [1.807, 2.05) is 13.8 Å². The van der Waals surface area contributed by atoms with Gasteiger partial charge in [-0.3, -0.25) is 19.2 Å². The summed E-state index contributed by atoms with van der Waals surface area (Å²) in [6.45, 7) is 14.7. The average Bonchev–Trinajstić information content (AvgIpc) is 2.81. The summed E-state index contributed by atoms with van der Waals surface area (Å²) in [6.07, 6.45) is 0.695. The number of urea groups is 1. The molecule has 1 rings (SSSR count). The Balaban J connectivity index is 2.95. The molecule has 5 N–H and O–H groups in total. The Kier molecular flexibility index (Phi) is 12.6. The lowest BCUT2D eigenvalue weighted by atomic mass is 9.88. The number of esters is 1. The van der Waals surface area contributed by atoms with E-state index in [9.17, 15) is 24.0 Å². The van der Waals surface area contributed by atoms with Crippen LogP contribution in [0.25, 0.3) is 0 Å². The Bertz CT molecular complexity index is 1010. The second kappa shape index (κ2) is 14.6. The third-order valence-corrected chi connectivity index (χ3v) is 6.03. The number of ketones is 1. The number of hydrogen-bond donors (Lipinski definition) is 4. The highest BCUT2D eigenvalue weighted by atomic mass is 16.5. The van der Waals surface area contributed by atoms with Crippen LogP contribution in [0.2, 0.25) is 0 Å². The van der Waals surface area contributed by atoms with E-state index in [0.29, 0.717) is 18.5 Å². The fraction of sp³-hybridized carbons (Fsp3) is 0.621. The first-order valence-corrected chi connectivity index (χ1v) is 13.4. The summed E-state index contributed by atoms with van der Waals surface area (Å²) in [6, 6.07) is 5.51. The van der Waals surface area contributed by atoms with E-state index < -0.39 is 28.8 Å². The predicted molar refractivity (Wildman–Crippen MR) is 150 cm³/mol. The highest BCUT2D eigenvalue weighted by Crippen LogP contribution is 2.21. The van der Waals surface area contributed by atoms with Crippen LogP contribution < -0.4 is 21.7 Å². The first-order valence-electron chi connectivity index (χ1n) is 13.4. The minimum absolute atomic E-state index is 0.0729. The molecule has 1 aromatic carbocycles. The second-order valence-corrected chi connectivity index (χ2v) is 12.3. The summed E-state index contributed by atoms with van der Waals surface area (Å²) in [5.41, 5.74) is 5.16. The van der Waals surface area contributed by atoms with Gasteiger partial charge in [-0.05, 0) is 57.2 Å². The van der Waals surface area contributed by atoms with Gasteiger partial charge in [-0.15, -0.1) is 0 Å². The standard InChI is InChI=1S/C29H46N4O6/c1-18(2)23(33-25(36)28(3,4)5)22(34)16-20(10-9-15-31-27(30)38)24(35)32-21-13-11-19(12-14-21)17-39-26(37)29(6,7)8/h11-14,18,20,23H,9-10,15-17H2,1-8H3,(H,32,35)(H,33,36)(H3,30,31,38). The van der Waals surface area contributed by atoms with Gasteiger partial charge in [0, 0.05) is 30.0 Å². The van der Waals surface area contributed by atoms with E-state index in [2.05, 4.69) is 16.0 Å². The molecule has 0 heterocycles. The topological polar surface area (TPSA) is 157 Å². The Morgan fingerprint density at radius 2 is 1.51 bits per heavy atom. The van der Waals surface area contributed by atoms with Crippen molar-refractivity contribution in [3.05, 3.63) is 29.8 Å². The maximum Gasteiger partial charge on any atom is 0.312 e. The van der Waals surface area contributed by atoms with Crippen molar-refractivity contribution in [1.82, 2.24) is 10.6 Å². The van der Waals surface area contributed by atoms with Crippen molar-refractivity contribution < 1.29 is 28.7 Å². The van der Waals surface area contributed by atoms with Gasteiger partial charge in [0.1, 0.15) is 6.61 Å². The Morgan fingerprint density at radius 1 is 0.923 bits per heavy atom. The van der Waals surface area contributed by atoms with Crippen LogP contribution in [0.4, 0.5) is 10.5 Å². The molecular formula is C29H46N4O6. The van der Waals surface area contributed by atoms with Crippen molar-refractivity contribution >= 4 is 35.3 Å². The van der Waals surface area contributed by atoms with Crippen LogP contribution in [0.1, 0.15) is 80.2 Å². The molecule has 10 nitrogen and oxygen atoms in total. The minimum Gasteiger partial charge on any atom is -0.460 e. The summed E-state index contributed by atoms with van der Waals surface area (Å²) < 4.78 is 5.32. The summed E-state index contributed by atoms with van der Waals surface area (Å²) in [5.74, 6) is -1.98. The van der Waals surface area contributed by atoms with Gasteiger partial charge >= 0.3 is 12.0 Å². The molecule has 0 fully saturated rings. The molecule has 0 aliphatic rings. The van der Waals surface area contributed by atoms with Crippen molar-refractivity contribution in [2.45, 2.75) is 87.3 Å². The largest absolute Gasteiger partial charge is 0.460 e. The first-order chi connectivity index (χ1) is 17.9. The number of carbonyl (C=O) groups excluding carboxylic acids is 5. The Labute approximate surface area is 232 Å². The van der Waals surface area contributed by atoms with E-state index in [1.54, 1.807) is 65.8 Å². The molecule has 0 aromatic heterocycles. The number of nitrogens with two attached hydrogens (primary N) is 1. The van der Waals surface area contributed by atoms with Crippen molar-refractivity contribution in [2.24, 2.45) is 28.4 Å². The molecular weight excluding hydrogens is 500 g/mol. The molecule has 2 atom stereocenters. The van der Waals surface area contributed by atoms with E-state index in [4.69, 9.17) is 10.5 Å². The van der Waals surface area contributed by atoms with Crippen molar-refractivity contribution in [3.8, 4) is 0 Å². The minimum atomic E-state index is -0.731. The highest BCUT2D eigenvalue weighted by molar-refractivity contribution is 5.97. The summed E-state index contributed by atoms with van der Waals surface area (Å²) in [5, 5.41) is 8.18. The SMILES string of the molecule is CC(C)C(NC(=O)C(C)(C)C)C(=O)CC(CCCNC(N)=O)C(=O)Nc1ccc(COC(=O)C(C)(C)C)cc1. The van der Waals surface area contributed by atoms with Crippen LogP contribution >= 0.6 is 0 Å². The van der Waals surface area contributed by atoms with Crippen LogP contribution in [-0.4, -0.2) is 42.2 Å². The van der Waals surface area contributed by atoms with Crippen LogP contribution in [0.15, 0.2) is 24.3 Å². The van der Waals surface area contributed by atoms with Crippen LogP contribution in [0.3, 0.4) is 0 Å². The van der Waals surface area contributed by atoms with Gasteiger partial charge in [0.05, 0.1) is 11.5 Å². The number of primary amides is 1. The molecule has 2 unspecified atom stereocenters. The molecule has 0 radical (unpaired) electrons. The molecule has 0 saturated heterocycles. The number of hydrogen-bond acceptors (Lipinski definition) is 6. The number of anilines is 1. The lowest BCUT2D eigenvalue weighted by molar-refractivity contribution is -0.154. The number of rotatable bonds is 13. The highest BCUT2D eigenvalue weighted by Gasteiger charge is 2.32. The quantitative estimate of drug-likeness (QED) is 0.217. The average molecular weight is 547 g/mol. The monoisotopic (exact) mass is 546 g/mol. The molecule has 0 aliphatic heterocycles. The number of carbonyl (C=O) groups is 5. The summed E-state index contributed by atoms with van der Waals surface area (Å²) in [7, 11) is 0. The zero-order chi connectivity index (χ0) is 30.0. The summed E-state index contributed by atoms with van der Waals surface area (Å²) in [4.78, 5) is 62.1. The van der Waals surface area contributed by atoms with Gasteiger partial charge in [0.25, 0.3) is 0 Å². The van der Waals surface area contributed by atoms with Gasteiger partial charge in [0.15, 0.2) is 5.78 Å². The van der Waals surface area contributed by atoms with Crippen molar-refractivity contribution in [1.29, 1.82) is 0 Å². The maximum absolute atomic E-state index is 13.3. The molecule has 218 valence electrons. The van der Waals surface area contributed by atoms with Gasteiger partial charge in [0.2, 0.25) is 11.8 Å². The van der Waals surface area contributed by atoms with E-state index in [0.717, 1.165) is 5.56 Å². The van der Waals surface area contributed by atoms with Crippen LogP contribution in [0.5, 0.6) is 0 Å². The predicted octanol–water partition coefficient (Wildman–Crippen LogP) is 3.93. The fourth-order valence-corrected chi connectivity index (χ4v) is 3.53. The Morgan fingerprint density at radius 3 is 2.00 bits per heavy atom. The normalized spacial score (nSPS) is 13.3. The van der Waals surface area contributed by atoms with Gasteiger partial charge in [-0.1, -0.05) is 46.8 Å². The molecule has 10 heteroatoms. The van der Waals surface area contributed by atoms with E-state index in [1.165, 1.54) is 0 Å².